The third-order valence-electron chi connectivity index (χ3n) is 2.85. The number of pyridine rings is 1. The number of nitrogens with zero attached hydrogens (tertiary/aromatic N) is 2. The predicted molar refractivity (Wildman–Crippen MR) is 73.6 cm³/mol. The van der Waals surface area contributed by atoms with Gasteiger partial charge in [0.25, 0.3) is 0 Å². The van der Waals surface area contributed by atoms with Gasteiger partial charge in [0.2, 0.25) is 0 Å². The van der Waals surface area contributed by atoms with Gasteiger partial charge >= 0.3 is 0 Å². The first-order chi connectivity index (χ1) is 10.1. The minimum Gasteiger partial charge on any atom is -0.409 e. The average Bonchev–Trinajstić information content (AvgIpc) is 2.50. The fourth-order valence-electron chi connectivity index (χ4n) is 1.80. The third kappa shape index (κ3) is 3.96. The fourth-order valence-corrected chi connectivity index (χ4v) is 1.80. The van der Waals surface area contributed by atoms with Gasteiger partial charge in [0.15, 0.2) is 5.84 Å². The highest BCUT2D eigenvalue weighted by molar-refractivity contribution is 5.95. The molecule has 0 aliphatic heterocycles. The van der Waals surface area contributed by atoms with Crippen molar-refractivity contribution in [3.8, 4) is 0 Å². The Kier molecular flexibility index (Phi) is 4.78. The first-order valence-electron chi connectivity index (χ1n) is 6.17. The van der Waals surface area contributed by atoms with Gasteiger partial charge in [0.1, 0.15) is 17.3 Å². The van der Waals surface area contributed by atoms with Crippen LogP contribution in [0.3, 0.4) is 0 Å². The monoisotopic (exact) mass is 292 g/mol. The summed E-state index contributed by atoms with van der Waals surface area (Å²) in [6, 6.07) is 6.70. The van der Waals surface area contributed by atoms with Gasteiger partial charge in [-0.1, -0.05) is 5.16 Å². The number of aromatic nitrogens is 1. The van der Waals surface area contributed by atoms with Gasteiger partial charge in [-0.15, -0.1) is 0 Å². The maximum atomic E-state index is 13.4. The van der Waals surface area contributed by atoms with E-state index < -0.39 is 11.6 Å². The Hall–Kier alpha value is -2.54. The van der Waals surface area contributed by atoms with E-state index in [-0.39, 0.29) is 17.9 Å². The van der Waals surface area contributed by atoms with E-state index in [1.807, 2.05) is 0 Å². The molecular weight excluding hydrogens is 278 g/mol. The van der Waals surface area contributed by atoms with Gasteiger partial charge in [-0.3, -0.25) is 4.98 Å². The summed E-state index contributed by atoms with van der Waals surface area (Å²) in [6.45, 7) is 0.592. The van der Waals surface area contributed by atoms with Gasteiger partial charge in [-0.2, -0.15) is 0 Å². The van der Waals surface area contributed by atoms with Crippen LogP contribution in [0.5, 0.6) is 0 Å². The van der Waals surface area contributed by atoms with E-state index in [1.165, 1.54) is 6.20 Å². The molecule has 0 spiro atoms. The summed E-state index contributed by atoms with van der Waals surface area (Å²) in [4.78, 5) is 3.95. The molecular formula is C14H14F2N4O. The van der Waals surface area contributed by atoms with E-state index in [9.17, 15) is 8.78 Å². The number of amidine groups is 1. The van der Waals surface area contributed by atoms with E-state index >= 15 is 0 Å². The second-order valence-corrected chi connectivity index (χ2v) is 4.37. The molecule has 0 radical (unpaired) electrons. The SMILES string of the molecule is NC(=NO)c1cc(CNCc2cc(F)ccc2F)ccn1. The number of rotatable bonds is 5. The number of nitrogens with two attached hydrogens (primary N) is 1. The Morgan fingerprint density at radius 1 is 1.24 bits per heavy atom. The first-order valence-corrected chi connectivity index (χ1v) is 6.17. The first kappa shape index (κ1) is 14.9. The molecule has 0 atom stereocenters. The number of halogens is 2. The molecule has 0 aliphatic rings. The summed E-state index contributed by atoms with van der Waals surface area (Å²) in [5.41, 5.74) is 6.86. The van der Waals surface area contributed by atoms with Crippen LogP contribution < -0.4 is 11.1 Å². The van der Waals surface area contributed by atoms with Crippen LogP contribution in [0.1, 0.15) is 16.8 Å². The smallest absolute Gasteiger partial charge is 0.188 e. The predicted octanol–water partition coefficient (Wildman–Crippen LogP) is 1.74. The lowest BCUT2D eigenvalue weighted by atomic mass is 10.2. The minimum atomic E-state index is -0.480. The van der Waals surface area contributed by atoms with Crippen LogP contribution in [-0.4, -0.2) is 16.0 Å². The van der Waals surface area contributed by atoms with Gasteiger partial charge < -0.3 is 16.3 Å². The van der Waals surface area contributed by atoms with Crippen LogP contribution in [0.15, 0.2) is 41.7 Å². The van der Waals surface area contributed by atoms with Gasteiger partial charge in [-0.05, 0) is 35.9 Å². The van der Waals surface area contributed by atoms with E-state index in [4.69, 9.17) is 10.9 Å². The third-order valence-corrected chi connectivity index (χ3v) is 2.85. The molecule has 0 bridgehead atoms. The molecule has 5 nitrogen and oxygen atoms in total. The van der Waals surface area contributed by atoms with Crippen molar-refractivity contribution < 1.29 is 14.0 Å². The molecule has 1 aromatic carbocycles. The number of hydrogen-bond acceptors (Lipinski definition) is 4. The zero-order valence-electron chi connectivity index (χ0n) is 11.1. The van der Waals surface area contributed by atoms with Crippen molar-refractivity contribution in [3.05, 3.63) is 65.0 Å². The summed E-state index contributed by atoms with van der Waals surface area (Å²) in [5.74, 6) is -1.03. The lowest BCUT2D eigenvalue weighted by molar-refractivity contribution is 0.318. The topological polar surface area (TPSA) is 83.5 Å². The largest absolute Gasteiger partial charge is 0.409 e. The molecule has 0 saturated carbocycles. The maximum absolute atomic E-state index is 13.4. The molecule has 0 amide bonds. The lowest BCUT2D eigenvalue weighted by Crippen LogP contribution is -2.17. The minimum absolute atomic E-state index is 0.0898. The molecule has 0 fully saturated rings. The summed E-state index contributed by atoms with van der Waals surface area (Å²) < 4.78 is 26.5. The number of hydrogen-bond donors (Lipinski definition) is 3. The molecule has 2 aromatic rings. The van der Waals surface area contributed by atoms with Gasteiger partial charge in [0, 0.05) is 24.8 Å². The number of benzene rings is 1. The molecule has 4 N–H and O–H groups in total. The van der Waals surface area contributed by atoms with Crippen LogP contribution in [0, 0.1) is 11.6 Å². The molecule has 0 unspecified atom stereocenters. The Labute approximate surface area is 120 Å². The van der Waals surface area contributed by atoms with Crippen molar-refractivity contribution in [2.24, 2.45) is 10.9 Å². The van der Waals surface area contributed by atoms with Crippen LogP contribution >= 0.6 is 0 Å². The fraction of sp³-hybridized carbons (Fsp3) is 0.143. The highest BCUT2D eigenvalue weighted by Gasteiger charge is 2.05. The van der Waals surface area contributed by atoms with Crippen molar-refractivity contribution in [1.29, 1.82) is 0 Å². The van der Waals surface area contributed by atoms with E-state index in [1.54, 1.807) is 12.1 Å². The molecule has 0 aliphatic carbocycles. The van der Waals surface area contributed by atoms with E-state index in [0.717, 1.165) is 23.8 Å². The molecule has 0 saturated heterocycles. The molecule has 7 heteroatoms. The van der Waals surface area contributed by atoms with Crippen molar-refractivity contribution in [2.45, 2.75) is 13.1 Å². The van der Waals surface area contributed by atoms with Crippen molar-refractivity contribution in [1.82, 2.24) is 10.3 Å². The van der Waals surface area contributed by atoms with Crippen molar-refractivity contribution >= 4 is 5.84 Å². The molecule has 2 rings (SSSR count). The summed E-state index contributed by atoms with van der Waals surface area (Å²) in [7, 11) is 0. The number of oxime groups is 1. The zero-order chi connectivity index (χ0) is 15.2. The molecule has 1 heterocycles. The average molecular weight is 292 g/mol. The Bertz CT molecular complexity index is 661. The molecule has 21 heavy (non-hydrogen) atoms. The second-order valence-electron chi connectivity index (χ2n) is 4.37. The zero-order valence-corrected chi connectivity index (χ0v) is 11.1. The van der Waals surface area contributed by atoms with Crippen LogP contribution in [-0.2, 0) is 13.1 Å². The van der Waals surface area contributed by atoms with Crippen molar-refractivity contribution in [2.75, 3.05) is 0 Å². The maximum Gasteiger partial charge on any atom is 0.188 e. The normalized spacial score (nSPS) is 11.6. The molecule has 1 aromatic heterocycles. The molecule has 110 valence electrons. The summed E-state index contributed by atoms with van der Waals surface area (Å²) in [5, 5.41) is 14.5. The van der Waals surface area contributed by atoms with Crippen LogP contribution in [0.25, 0.3) is 0 Å². The quantitative estimate of drug-likeness (QED) is 0.339. The van der Waals surface area contributed by atoms with E-state index in [2.05, 4.69) is 15.5 Å². The van der Waals surface area contributed by atoms with Gasteiger partial charge in [0.05, 0.1) is 0 Å². The highest BCUT2D eigenvalue weighted by Crippen LogP contribution is 2.10. The Morgan fingerprint density at radius 3 is 2.81 bits per heavy atom. The van der Waals surface area contributed by atoms with Gasteiger partial charge in [-0.25, -0.2) is 8.78 Å². The standard InChI is InChI=1S/C14H14F2N4O/c15-11-1-2-12(16)10(6-11)8-18-7-9-3-4-19-13(5-9)14(17)20-21/h1-6,18,21H,7-8H2,(H2,17,20). The van der Waals surface area contributed by atoms with E-state index in [0.29, 0.717) is 12.2 Å². The second kappa shape index (κ2) is 6.76. The summed E-state index contributed by atoms with van der Waals surface area (Å²) in [6.07, 6.45) is 1.52. The van der Waals surface area contributed by atoms with Crippen LogP contribution in [0.4, 0.5) is 8.78 Å². The van der Waals surface area contributed by atoms with Crippen LogP contribution in [0.2, 0.25) is 0 Å². The van der Waals surface area contributed by atoms with Crippen molar-refractivity contribution in [3.63, 3.8) is 0 Å². The highest BCUT2D eigenvalue weighted by atomic mass is 19.1. The number of nitrogens with one attached hydrogen (secondary N) is 1. The Balaban J connectivity index is 1.99. The Morgan fingerprint density at radius 2 is 2.05 bits per heavy atom. The summed E-state index contributed by atoms with van der Waals surface area (Å²) >= 11 is 0. The lowest BCUT2D eigenvalue weighted by Gasteiger charge is -2.07.